The van der Waals surface area contributed by atoms with Crippen LogP contribution in [0, 0.1) is 6.92 Å². The summed E-state index contributed by atoms with van der Waals surface area (Å²) >= 11 is 0. The van der Waals surface area contributed by atoms with Gasteiger partial charge in [0.05, 0.1) is 19.0 Å². The van der Waals surface area contributed by atoms with E-state index in [0.717, 1.165) is 23.6 Å². The van der Waals surface area contributed by atoms with Crippen molar-refractivity contribution in [1.82, 2.24) is 25.1 Å². The Morgan fingerprint density at radius 3 is 2.80 bits per heavy atom. The number of benzene rings is 2. The van der Waals surface area contributed by atoms with Crippen LogP contribution in [0.15, 0.2) is 48.7 Å². The molecule has 156 valence electrons. The zero-order valence-corrected chi connectivity index (χ0v) is 17.4. The van der Waals surface area contributed by atoms with Crippen LogP contribution in [0.1, 0.15) is 23.5 Å². The summed E-state index contributed by atoms with van der Waals surface area (Å²) in [6.45, 7) is 4.27. The summed E-state index contributed by atoms with van der Waals surface area (Å²) in [5, 5.41) is 5.28. The Morgan fingerprint density at radius 2 is 2.03 bits per heavy atom. The van der Waals surface area contributed by atoms with Gasteiger partial charge in [-0.15, -0.1) is 0 Å². The van der Waals surface area contributed by atoms with Crippen molar-refractivity contribution in [3.05, 3.63) is 65.7 Å². The van der Waals surface area contributed by atoms with Crippen molar-refractivity contribution in [3.63, 3.8) is 0 Å². The molecule has 2 heterocycles. The normalized spacial score (nSPS) is 17.1. The van der Waals surface area contributed by atoms with Crippen LogP contribution in [0.2, 0.25) is 0 Å². The number of piperazine rings is 1. The van der Waals surface area contributed by atoms with E-state index in [1.165, 1.54) is 10.8 Å². The number of carbonyl (C=O) groups excluding carboxylic acids is 2. The molecule has 0 saturated carbocycles. The summed E-state index contributed by atoms with van der Waals surface area (Å²) in [6.07, 6.45) is 1.89. The van der Waals surface area contributed by atoms with Crippen molar-refractivity contribution >= 4 is 22.6 Å². The van der Waals surface area contributed by atoms with Crippen molar-refractivity contribution in [3.8, 4) is 0 Å². The Morgan fingerprint density at radius 1 is 1.23 bits per heavy atom. The van der Waals surface area contributed by atoms with E-state index >= 15 is 0 Å². The number of rotatable bonds is 6. The molecule has 1 atom stereocenters. The Kier molecular flexibility index (Phi) is 5.81. The van der Waals surface area contributed by atoms with Gasteiger partial charge in [-0.05, 0) is 29.3 Å². The molecular formula is C23H27N5O2. The number of imidazole rings is 1. The zero-order valence-electron chi connectivity index (χ0n) is 17.4. The van der Waals surface area contributed by atoms with Gasteiger partial charge in [0.15, 0.2) is 0 Å². The van der Waals surface area contributed by atoms with E-state index in [1.54, 1.807) is 18.1 Å². The number of aryl methyl sites for hydroxylation is 1. The molecule has 1 aliphatic heterocycles. The lowest BCUT2D eigenvalue weighted by Gasteiger charge is -2.35. The van der Waals surface area contributed by atoms with Crippen LogP contribution in [0.5, 0.6) is 0 Å². The smallest absolute Gasteiger partial charge is 0.237 e. The zero-order chi connectivity index (χ0) is 21.1. The largest absolute Gasteiger partial charge is 0.353 e. The third-order valence-corrected chi connectivity index (χ3v) is 5.58. The molecule has 0 spiro atoms. The average Bonchev–Trinajstić information content (AvgIpc) is 3.15. The second-order valence-corrected chi connectivity index (χ2v) is 7.93. The van der Waals surface area contributed by atoms with E-state index in [1.807, 2.05) is 19.1 Å². The number of H-pyrrole nitrogens is 1. The van der Waals surface area contributed by atoms with Gasteiger partial charge < -0.3 is 15.2 Å². The number of nitrogens with one attached hydrogen (secondary N) is 2. The van der Waals surface area contributed by atoms with E-state index in [0.29, 0.717) is 19.6 Å². The predicted molar refractivity (Wildman–Crippen MR) is 116 cm³/mol. The first-order valence-corrected chi connectivity index (χ1v) is 10.2. The minimum Gasteiger partial charge on any atom is -0.353 e. The maximum Gasteiger partial charge on any atom is 0.237 e. The van der Waals surface area contributed by atoms with Gasteiger partial charge in [-0.1, -0.05) is 36.4 Å². The first-order valence-electron chi connectivity index (χ1n) is 10.2. The van der Waals surface area contributed by atoms with Crippen molar-refractivity contribution in [2.24, 2.45) is 0 Å². The van der Waals surface area contributed by atoms with Gasteiger partial charge in [-0.2, -0.15) is 0 Å². The summed E-state index contributed by atoms with van der Waals surface area (Å²) in [5.41, 5.74) is 2.10. The molecular weight excluding hydrogens is 378 g/mol. The monoisotopic (exact) mass is 405 g/mol. The number of aromatic nitrogens is 2. The molecule has 0 aliphatic carbocycles. The van der Waals surface area contributed by atoms with Crippen LogP contribution in [0.3, 0.4) is 0 Å². The molecule has 1 aromatic heterocycles. The van der Waals surface area contributed by atoms with Crippen LogP contribution in [0.25, 0.3) is 10.8 Å². The second kappa shape index (κ2) is 8.67. The highest BCUT2D eigenvalue weighted by Crippen LogP contribution is 2.20. The minimum atomic E-state index is -0.474. The first kappa shape index (κ1) is 20.1. The molecule has 2 aromatic carbocycles. The predicted octanol–water partition coefficient (Wildman–Crippen LogP) is 2.22. The highest BCUT2D eigenvalue weighted by atomic mass is 16.2. The number of nitrogens with zero attached hydrogens (tertiary/aromatic N) is 3. The number of carbonyl (C=O) groups is 2. The lowest BCUT2D eigenvalue weighted by atomic mass is 10.0. The molecule has 0 radical (unpaired) electrons. The molecule has 30 heavy (non-hydrogen) atoms. The van der Waals surface area contributed by atoms with Gasteiger partial charge in [-0.25, -0.2) is 4.98 Å². The number of amides is 2. The van der Waals surface area contributed by atoms with Gasteiger partial charge in [-0.3, -0.25) is 14.5 Å². The summed E-state index contributed by atoms with van der Waals surface area (Å²) in [5.74, 6) is 0.580. The molecule has 7 heteroatoms. The number of fused-ring (bicyclic) bond motifs is 1. The Hall–Kier alpha value is -3.19. The van der Waals surface area contributed by atoms with Crippen molar-refractivity contribution in [2.75, 3.05) is 20.1 Å². The van der Waals surface area contributed by atoms with Crippen molar-refractivity contribution in [1.29, 1.82) is 0 Å². The molecule has 2 N–H and O–H groups in total. The van der Waals surface area contributed by atoms with Crippen molar-refractivity contribution < 1.29 is 9.59 Å². The quantitative estimate of drug-likeness (QED) is 0.659. The second-order valence-electron chi connectivity index (χ2n) is 7.93. The van der Waals surface area contributed by atoms with Crippen LogP contribution in [-0.4, -0.2) is 57.8 Å². The SMILES string of the molecule is Cc1cnc(CN(C)C(=O)C[C@H]2C(=O)NCCN2Cc2ccc3ccccc3c2)[nH]1. The lowest BCUT2D eigenvalue weighted by Crippen LogP contribution is -2.56. The fraction of sp³-hybridized carbons (Fsp3) is 0.348. The third kappa shape index (κ3) is 4.52. The van der Waals surface area contributed by atoms with E-state index in [2.05, 4.69) is 50.5 Å². The third-order valence-electron chi connectivity index (χ3n) is 5.58. The van der Waals surface area contributed by atoms with E-state index < -0.39 is 6.04 Å². The topological polar surface area (TPSA) is 81.3 Å². The standard InChI is InChI=1S/C23H27N5O2/c1-16-13-25-21(26-16)15-27(2)22(29)12-20-23(30)24-9-10-28(20)14-17-7-8-18-5-3-4-6-19(18)11-17/h3-8,11,13,20H,9-10,12,14-15H2,1-2H3,(H,24,30)(H,25,26)/t20-/m0/s1. The average molecular weight is 406 g/mol. The Bertz CT molecular complexity index is 1060. The summed E-state index contributed by atoms with van der Waals surface area (Å²) in [6, 6.07) is 14.1. The summed E-state index contributed by atoms with van der Waals surface area (Å²) < 4.78 is 0. The fourth-order valence-corrected chi connectivity index (χ4v) is 3.93. The van der Waals surface area contributed by atoms with Gasteiger partial charge in [0, 0.05) is 38.6 Å². The summed E-state index contributed by atoms with van der Waals surface area (Å²) in [7, 11) is 1.74. The molecule has 1 fully saturated rings. The number of hydrogen-bond donors (Lipinski definition) is 2. The maximum absolute atomic E-state index is 12.8. The Labute approximate surface area is 176 Å². The summed E-state index contributed by atoms with van der Waals surface area (Å²) in [4.78, 5) is 36.5. The lowest BCUT2D eigenvalue weighted by molar-refractivity contribution is -0.138. The van der Waals surface area contributed by atoms with E-state index in [-0.39, 0.29) is 18.2 Å². The molecule has 0 unspecified atom stereocenters. The van der Waals surface area contributed by atoms with Gasteiger partial charge in [0.25, 0.3) is 0 Å². The van der Waals surface area contributed by atoms with Crippen molar-refractivity contribution in [2.45, 2.75) is 32.5 Å². The maximum atomic E-state index is 12.8. The fourth-order valence-electron chi connectivity index (χ4n) is 3.93. The minimum absolute atomic E-state index is 0.0744. The number of aromatic amines is 1. The molecule has 1 saturated heterocycles. The van der Waals surface area contributed by atoms with Crippen LogP contribution in [0.4, 0.5) is 0 Å². The van der Waals surface area contributed by atoms with E-state index in [9.17, 15) is 9.59 Å². The molecule has 0 bridgehead atoms. The highest BCUT2D eigenvalue weighted by molar-refractivity contribution is 5.89. The molecule has 4 rings (SSSR count). The molecule has 1 aliphatic rings. The van der Waals surface area contributed by atoms with Gasteiger partial charge >= 0.3 is 0 Å². The molecule has 2 amide bonds. The first-order chi connectivity index (χ1) is 14.5. The van der Waals surface area contributed by atoms with Crippen LogP contribution in [-0.2, 0) is 22.7 Å². The molecule has 3 aromatic rings. The van der Waals surface area contributed by atoms with E-state index in [4.69, 9.17) is 0 Å². The van der Waals surface area contributed by atoms with Gasteiger partial charge in [0.1, 0.15) is 5.82 Å². The van der Waals surface area contributed by atoms with Gasteiger partial charge in [0.2, 0.25) is 11.8 Å². The number of hydrogen-bond acceptors (Lipinski definition) is 4. The van der Waals surface area contributed by atoms with Crippen LogP contribution < -0.4 is 5.32 Å². The highest BCUT2D eigenvalue weighted by Gasteiger charge is 2.32. The Balaban J connectivity index is 1.45. The molecule has 7 nitrogen and oxygen atoms in total. The van der Waals surface area contributed by atoms with Crippen LogP contribution >= 0.6 is 0 Å².